The van der Waals surface area contributed by atoms with Crippen molar-refractivity contribution in [1.29, 1.82) is 0 Å². The third kappa shape index (κ3) is 4.67. The summed E-state index contributed by atoms with van der Waals surface area (Å²) in [7, 11) is 0. The van der Waals surface area contributed by atoms with Crippen molar-refractivity contribution in [2.24, 2.45) is 0 Å². The Kier molecular flexibility index (Phi) is 6.48. The lowest BCUT2D eigenvalue weighted by molar-refractivity contribution is 0.102. The fraction of sp³-hybridized carbons (Fsp3) is 0.238. The van der Waals surface area contributed by atoms with Gasteiger partial charge < -0.3 is 10.1 Å². The van der Waals surface area contributed by atoms with E-state index in [0.29, 0.717) is 22.9 Å². The van der Waals surface area contributed by atoms with Gasteiger partial charge in [0.25, 0.3) is 5.91 Å². The zero-order valence-electron chi connectivity index (χ0n) is 15.3. The molecule has 0 bridgehead atoms. The van der Waals surface area contributed by atoms with E-state index in [1.54, 1.807) is 29.8 Å². The lowest BCUT2D eigenvalue weighted by Crippen LogP contribution is -2.15. The lowest BCUT2D eigenvalue weighted by Gasteiger charge is -2.16. The van der Waals surface area contributed by atoms with Crippen molar-refractivity contribution in [3.05, 3.63) is 74.7 Å². The molecule has 0 atom stereocenters. The van der Waals surface area contributed by atoms with Crippen molar-refractivity contribution >= 4 is 34.5 Å². The maximum atomic E-state index is 12.7. The first-order valence-corrected chi connectivity index (χ1v) is 10.2. The number of hydrogen-bond donors (Lipinski definition) is 1. The number of rotatable bonds is 7. The van der Waals surface area contributed by atoms with Gasteiger partial charge in [-0.3, -0.25) is 4.79 Å². The summed E-state index contributed by atoms with van der Waals surface area (Å²) in [5, 5.41) is 5.66. The van der Waals surface area contributed by atoms with Gasteiger partial charge in [-0.05, 0) is 54.3 Å². The van der Waals surface area contributed by atoms with Gasteiger partial charge >= 0.3 is 0 Å². The third-order valence-corrected chi connectivity index (χ3v) is 5.29. The van der Waals surface area contributed by atoms with E-state index in [9.17, 15) is 4.79 Å². The summed E-state index contributed by atoms with van der Waals surface area (Å²) >= 11 is 7.85. The lowest BCUT2D eigenvalue weighted by atomic mass is 10.0. The van der Waals surface area contributed by atoms with Crippen LogP contribution in [0.2, 0.25) is 5.02 Å². The Hall–Kier alpha value is -2.37. The van der Waals surface area contributed by atoms with Crippen molar-refractivity contribution in [3.63, 3.8) is 0 Å². The summed E-state index contributed by atoms with van der Waals surface area (Å²) in [5.41, 5.74) is 6.10. The Morgan fingerprint density at radius 2 is 1.93 bits per heavy atom. The van der Waals surface area contributed by atoms with Gasteiger partial charge in [0.05, 0.1) is 11.2 Å². The number of aromatic nitrogens is 1. The summed E-state index contributed by atoms with van der Waals surface area (Å²) < 4.78 is 5.69. The summed E-state index contributed by atoms with van der Waals surface area (Å²) in [4.78, 5) is 16.9. The van der Waals surface area contributed by atoms with Gasteiger partial charge in [-0.2, -0.15) is 0 Å². The van der Waals surface area contributed by atoms with Crippen LogP contribution in [0.4, 0.5) is 5.69 Å². The fourth-order valence-electron chi connectivity index (χ4n) is 2.82. The third-order valence-electron chi connectivity index (χ3n) is 4.30. The Labute approximate surface area is 168 Å². The summed E-state index contributed by atoms with van der Waals surface area (Å²) in [5.74, 6) is 0.540. The van der Waals surface area contributed by atoms with Crippen LogP contribution in [0, 0.1) is 0 Å². The van der Waals surface area contributed by atoms with E-state index in [2.05, 4.69) is 17.2 Å². The molecule has 140 valence electrons. The van der Waals surface area contributed by atoms with Crippen LogP contribution in [0.1, 0.15) is 41.0 Å². The first-order chi connectivity index (χ1) is 13.1. The standard InChI is InChI=1S/C21H21ClN2O2S/c1-3-14-7-10-19(22)18(4-2)20(14)24-21(25)15-5-8-17(9-6-15)26-11-16-12-27-13-23-16/h5-10,12-13H,3-4,11H2,1-2H3,(H,24,25). The molecule has 0 aliphatic heterocycles. The second-order valence-corrected chi connectivity index (χ2v) is 7.14. The molecule has 0 aliphatic carbocycles. The summed E-state index contributed by atoms with van der Waals surface area (Å²) in [6.45, 7) is 4.51. The minimum Gasteiger partial charge on any atom is -0.487 e. The van der Waals surface area contributed by atoms with Gasteiger partial charge in [0.1, 0.15) is 12.4 Å². The first kappa shape index (κ1) is 19.4. The smallest absolute Gasteiger partial charge is 0.255 e. The fourth-order valence-corrected chi connectivity index (χ4v) is 3.66. The molecule has 0 unspecified atom stereocenters. The number of anilines is 1. The molecule has 4 nitrogen and oxygen atoms in total. The number of amides is 1. The predicted molar refractivity (Wildman–Crippen MR) is 111 cm³/mol. The number of halogens is 1. The monoisotopic (exact) mass is 400 g/mol. The molecule has 1 amide bonds. The zero-order chi connectivity index (χ0) is 19.2. The van der Waals surface area contributed by atoms with Crippen molar-refractivity contribution in [2.75, 3.05) is 5.32 Å². The molecule has 6 heteroatoms. The zero-order valence-corrected chi connectivity index (χ0v) is 16.9. The average molecular weight is 401 g/mol. The van der Waals surface area contributed by atoms with Crippen LogP contribution in [0.5, 0.6) is 5.75 Å². The topological polar surface area (TPSA) is 51.2 Å². The molecule has 3 rings (SSSR count). The van der Waals surface area contributed by atoms with Gasteiger partial charge in [-0.15, -0.1) is 11.3 Å². The Bertz CT molecular complexity index is 909. The second-order valence-electron chi connectivity index (χ2n) is 6.01. The number of nitrogens with zero attached hydrogens (tertiary/aromatic N) is 1. The van der Waals surface area contributed by atoms with Crippen LogP contribution < -0.4 is 10.1 Å². The highest BCUT2D eigenvalue weighted by Crippen LogP contribution is 2.30. The maximum Gasteiger partial charge on any atom is 0.255 e. The van der Waals surface area contributed by atoms with Crippen molar-refractivity contribution in [2.45, 2.75) is 33.3 Å². The molecule has 0 fully saturated rings. The highest BCUT2D eigenvalue weighted by atomic mass is 35.5. The minimum atomic E-state index is -0.160. The number of ether oxygens (including phenoxy) is 1. The predicted octanol–water partition coefficient (Wildman–Crippen LogP) is 5.75. The van der Waals surface area contributed by atoms with Crippen molar-refractivity contribution < 1.29 is 9.53 Å². The Morgan fingerprint density at radius 1 is 1.15 bits per heavy atom. The molecule has 3 aromatic rings. The summed E-state index contributed by atoms with van der Waals surface area (Å²) in [6, 6.07) is 11.0. The van der Waals surface area contributed by atoms with E-state index in [0.717, 1.165) is 35.3 Å². The molecule has 0 aliphatic rings. The van der Waals surface area contributed by atoms with E-state index in [4.69, 9.17) is 16.3 Å². The van der Waals surface area contributed by atoms with E-state index in [-0.39, 0.29) is 5.91 Å². The van der Waals surface area contributed by atoms with Crippen LogP contribution in [0.25, 0.3) is 0 Å². The number of nitrogens with one attached hydrogen (secondary N) is 1. The van der Waals surface area contributed by atoms with Crippen LogP contribution in [0.15, 0.2) is 47.3 Å². The molecule has 1 N–H and O–H groups in total. The normalized spacial score (nSPS) is 10.6. The molecule has 1 aromatic heterocycles. The van der Waals surface area contributed by atoms with E-state index in [1.807, 2.05) is 24.4 Å². The van der Waals surface area contributed by atoms with E-state index < -0.39 is 0 Å². The molecule has 27 heavy (non-hydrogen) atoms. The molecule has 0 saturated heterocycles. The highest BCUT2D eigenvalue weighted by molar-refractivity contribution is 7.07. The SMILES string of the molecule is CCc1ccc(Cl)c(CC)c1NC(=O)c1ccc(OCc2cscn2)cc1. The molecule has 0 saturated carbocycles. The molecular formula is C21H21ClN2O2S. The van der Waals surface area contributed by atoms with Crippen LogP contribution in [0.3, 0.4) is 0 Å². The van der Waals surface area contributed by atoms with Crippen LogP contribution >= 0.6 is 22.9 Å². The number of carbonyl (C=O) groups excluding carboxylic acids is 1. The number of aryl methyl sites for hydroxylation is 1. The van der Waals surface area contributed by atoms with Gasteiger partial charge in [0.2, 0.25) is 0 Å². The van der Waals surface area contributed by atoms with E-state index in [1.165, 1.54) is 11.3 Å². The number of hydrogen-bond acceptors (Lipinski definition) is 4. The molecule has 0 radical (unpaired) electrons. The second kappa shape index (κ2) is 9.02. The number of carbonyl (C=O) groups is 1. The molecule has 2 aromatic carbocycles. The molecular weight excluding hydrogens is 380 g/mol. The number of benzene rings is 2. The highest BCUT2D eigenvalue weighted by Gasteiger charge is 2.14. The van der Waals surface area contributed by atoms with Gasteiger partial charge in [0, 0.05) is 21.7 Å². The Balaban J connectivity index is 1.72. The average Bonchev–Trinajstić information content (AvgIpc) is 3.21. The van der Waals surface area contributed by atoms with Gasteiger partial charge in [-0.25, -0.2) is 4.98 Å². The van der Waals surface area contributed by atoms with Crippen LogP contribution in [-0.4, -0.2) is 10.9 Å². The molecule has 0 spiro atoms. The first-order valence-electron chi connectivity index (χ1n) is 8.83. The maximum absolute atomic E-state index is 12.7. The van der Waals surface area contributed by atoms with Gasteiger partial charge in [0.15, 0.2) is 0 Å². The van der Waals surface area contributed by atoms with Crippen molar-refractivity contribution in [1.82, 2.24) is 4.98 Å². The Morgan fingerprint density at radius 3 is 2.56 bits per heavy atom. The number of thiazole rings is 1. The van der Waals surface area contributed by atoms with Crippen molar-refractivity contribution in [3.8, 4) is 5.75 Å². The van der Waals surface area contributed by atoms with Crippen LogP contribution in [-0.2, 0) is 19.4 Å². The van der Waals surface area contributed by atoms with Gasteiger partial charge in [-0.1, -0.05) is 31.5 Å². The quantitative estimate of drug-likeness (QED) is 0.549. The largest absolute Gasteiger partial charge is 0.487 e. The van der Waals surface area contributed by atoms with E-state index >= 15 is 0 Å². The summed E-state index contributed by atoms with van der Waals surface area (Å²) in [6.07, 6.45) is 1.58. The molecule has 1 heterocycles. The minimum absolute atomic E-state index is 0.160.